The van der Waals surface area contributed by atoms with Gasteiger partial charge in [0.25, 0.3) is 0 Å². The summed E-state index contributed by atoms with van der Waals surface area (Å²) in [5.74, 6) is 0.493. The van der Waals surface area contributed by atoms with Crippen molar-refractivity contribution in [2.24, 2.45) is 0 Å². The monoisotopic (exact) mass is 451 g/mol. The Morgan fingerprint density at radius 1 is 0.968 bits per heavy atom. The van der Waals surface area contributed by atoms with Gasteiger partial charge in [-0.25, -0.2) is 0 Å². The second-order valence-corrected chi connectivity index (χ2v) is 9.36. The third kappa shape index (κ3) is 5.38. The third-order valence-corrected chi connectivity index (χ3v) is 7.18. The molecule has 0 N–H and O–H groups in total. The first-order valence-corrected chi connectivity index (χ1v) is 11.5. The molecule has 2 aromatic carbocycles. The van der Waals surface area contributed by atoms with Crippen molar-refractivity contribution in [1.82, 2.24) is 4.90 Å². The predicted molar refractivity (Wildman–Crippen MR) is 118 cm³/mol. The second kappa shape index (κ2) is 9.41. The molecule has 0 amide bonds. The van der Waals surface area contributed by atoms with E-state index in [0.29, 0.717) is 18.4 Å². The van der Waals surface area contributed by atoms with Crippen LogP contribution in [0.4, 0.5) is 13.2 Å². The molecule has 31 heavy (non-hydrogen) atoms. The average molecular weight is 452 g/mol. The first kappa shape index (κ1) is 22.5. The number of rotatable bonds is 7. The summed E-state index contributed by atoms with van der Waals surface area (Å²) in [4.78, 5) is 2.62. The van der Waals surface area contributed by atoms with Gasteiger partial charge in [-0.1, -0.05) is 36.6 Å². The average Bonchev–Trinajstić information content (AvgIpc) is 2.72. The zero-order chi connectivity index (χ0) is 21.9. The second-order valence-electron chi connectivity index (χ2n) is 8.92. The summed E-state index contributed by atoms with van der Waals surface area (Å²) in [6.45, 7) is 2.67. The quantitative estimate of drug-likeness (QED) is 0.445. The molecule has 1 saturated carbocycles. The molecule has 168 valence electrons. The fourth-order valence-corrected chi connectivity index (χ4v) is 5.11. The molecule has 0 bridgehead atoms. The lowest BCUT2D eigenvalue weighted by Gasteiger charge is -2.48. The van der Waals surface area contributed by atoms with Gasteiger partial charge in [0, 0.05) is 23.0 Å². The predicted octanol–water partition coefficient (Wildman–Crippen LogP) is 7.10. The van der Waals surface area contributed by atoms with E-state index in [4.69, 9.17) is 16.3 Å². The number of halogens is 4. The SMILES string of the molecule is FC(F)(F)c1ccc(OCCC2CCCCN2CC2(c3ccc(Cl)cc3)CCC2)cc1. The first-order valence-electron chi connectivity index (χ1n) is 11.2. The highest BCUT2D eigenvalue weighted by Gasteiger charge is 2.41. The number of alkyl halides is 3. The molecule has 2 nitrogen and oxygen atoms in total. The molecule has 2 fully saturated rings. The summed E-state index contributed by atoms with van der Waals surface area (Å²) in [7, 11) is 0. The Balaban J connectivity index is 1.35. The summed E-state index contributed by atoms with van der Waals surface area (Å²) in [6.07, 6.45) is 3.83. The van der Waals surface area contributed by atoms with Crippen molar-refractivity contribution >= 4 is 11.6 Å². The zero-order valence-electron chi connectivity index (χ0n) is 17.6. The van der Waals surface area contributed by atoms with Crippen molar-refractivity contribution in [3.8, 4) is 5.75 Å². The summed E-state index contributed by atoms with van der Waals surface area (Å²) in [5, 5.41) is 0.773. The van der Waals surface area contributed by atoms with Crippen LogP contribution in [0.25, 0.3) is 0 Å². The van der Waals surface area contributed by atoms with E-state index in [2.05, 4.69) is 17.0 Å². The van der Waals surface area contributed by atoms with Gasteiger partial charge in [0.1, 0.15) is 5.75 Å². The van der Waals surface area contributed by atoms with Gasteiger partial charge in [-0.3, -0.25) is 4.90 Å². The maximum absolute atomic E-state index is 12.7. The van der Waals surface area contributed by atoms with Crippen molar-refractivity contribution in [1.29, 1.82) is 0 Å². The van der Waals surface area contributed by atoms with Crippen LogP contribution in [0, 0.1) is 0 Å². The van der Waals surface area contributed by atoms with E-state index < -0.39 is 11.7 Å². The van der Waals surface area contributed by atoms with Crippen molar-refractivity contribution in [2.45, 2.75) is 62.6 Å². The lowest BCUT2D eigenvalue weighted by Crippen LogP contribution is -2.51. The number of hydrogen-bond donors (Lipinski definition) is 0. The zero-order valence-corrected chi connectivity index (χ0v) is 18.4. The Hall–Kier alpha value is -1.72. The molecule has 0 radical (unpaired) electrons. The smallest absolute Gasteiger partial charge is 0.416 e. The molecular weight excluding hydrogens is 423 g/mol. The van der Waals surface area contributed by atoms with Gasteiger partial charge >= 0.3 is 6.18 Å². The number of ether oxygens (including phenoxy) is 1. The van der Waals surface area contributed by atoms with Crippen molar-refractivity contribution < 1.29 is 17.9 Å². The number of hydrogen-bond acceptors (Lipinski definition) is 2. The van der Waals surface area contributed by atoms with Gasteiger partial charge in [-0.2, -0.15) is 13.2 Å². The largest absolute Gasteiger partial charge is 0.494 e. The van der Waals surface area contributed by atoms with Gasteiger partial charge in [-0.15, -0.1) is 0 Å². The minimum absolute atomic E-state index is 0.217. The molecule has 1 heterocycles. The van der Waals surface area contributed by atoms with Crippen LogP contribution in [0.5, 0.6) is 5.75 Å². The molecule has 0 spiro atoms. The maximum atomic E-state index is 12.7. The van der Waals surface area contributed by atoms with Crippen LogP contribution >= 0.6 is 11.6 Å². The molecule has 2 aromatic rings. The molecule has 1 aliphatic heterocycles. The van der Waals surface area contributed by atoms with Crippen molar-refractivity contribution in [3.05, 3.63) is 64.7 Å². The first-order chi connectivity index (χ1) is 14.9. The molecule has 4 rings (SSSR count). The Bertz CT molecular complexity index is 847. The van der Waals surface area contributed by atoms with E-state index in [1.165, 1.54) is 49.8 Å². The van der Waals surface area contributed by atoms with Crippen LogP contribution in [-0.4, -0.2) is 30.6 Å². The highest BCUT2D eigenvalue weighted by atomic mass is 35.5. The van der Waals surface area contributed by atoms with Crippen LogP contribution in [0.3, 0.4) is 0 Å². The fourth-order valence-electron chi connectivity index (χ4n) is 4.98. The van der Waals surface area contributed by atoms with Gasteiger partial charge in [-0.05, 0) is 80.6 Å². The summed E-state index contributed by atoms with van der Waals surface area (Å²) >= 11 is 6.10. The number of likely N-dealkylation sites (tertiary alicyclic amines) is 1. The minimum Gasteiger partial charge on any atom is -0.494 e. The fraction of sp³-hybridized carbons (Fsp3) is 0.520. The normalized spacial score (nSPS) is 21.5. The molecule has 0 aromatic heterocycles. The van der Waals surface area contributed by atoms with Crippen LogP contribution in [0.2, 0.25) is 5.02 Å². The number of nitrogens with zero attached hydrogens (tertiary/aromatic N) is 1. The van der Waals surface area contributed by atoms with Crippen molar-refractivity contribution in [2.75, 3.05) is 19.7 Å². The third-order valence-electron chi connectivity index (χ3n) is 6.92. The van der Waals surface area contributed by atoms with Crippen LogP contribution in [0.1, 0.15) is 56.1 Å². The van der Waals surface area contributed by atoms with E-state index in [1.807, 2.05) is 12.1 Å². The lowest BCUT2D eigenvalue weighted by atomic mass is 9.64. The van der Waals surface area contributed by atoms with Crippen LogP contribution in [-0.2, 0) is 11.6 Å². The maximum Gasteiger partial charge on any atom is 0.416 e. The summed E-state index contributed by atoms with van der Waals surface area (Å²) in [6, 6.07) is 13.8. The Kier molecular flexibility index (Phi) is 6.83. The summed E-state index contributed by atoms with van der Waals surface area (Å²) < 4.78 is 43.9. The topological polar surface area (TPSA) is 12.5 Å². The van der Waals surface area contributed by atoms with Crippen molar-refractivity contribution in [3.63, 3.8) is 0 Å². The molecule has 1 atom stereocenters. The van der Waals surface area contributed by atoms with E-state index in [1.54, 1.807) is 0 Å². The molecule has 1 aliphatic carbocycles. The molecule has 6 heteroatoms. The van der Waals surface area contributed by atoms with Gasteiger partial charge in [0.05, 0.1) is 12.2 Å². The Morgan fingerprint density at radius 2 is 1.68 bits per heavy atom. The van der Waals surface area contributed by atoms with E-state index in [-0.39, 0.29) is 5.41 Å². The highest BCUT2D eigenvalue weighted by molar-refractivity contribution is 6.30. The molecule has 1 saturated heterocycles. The number of benzene rings is 2. The minimum atomic E-state index is -4.32. The Morgan fingerprint density at radius 3 is 2.29 bits per heavy atom. The van der Waals surface area contributed by atoms with Gasteiger partial charge < -0.3 is 4.74 Å². The molecule has 1 unspecified atom stereocenters. The lowest BCUT2D eigenvalue weighted by molar-refractivity contribution is -0.137. The molecular formula is C25H29ClF3NO. The van der Waals surface area contributed by atoms with Crippen LogP contribution in [0.15, 0.2) is 48.5 Å². The highest BCUT2D eigenvalue weighted by Crippen LogP contribution is 2.45. The standard InChI is InChI=1S/C25H29ClF3NO/c26-21-9-5-19(6-10-21)24(14-3-15-24)18-30-16-2-1-4-22(30)13-17-31-23-11-7-20(8-12-23)25(27,28)29/h5-12,22H,1-4,13-18H2. The molecule has 2 aliphatic rings. The van der Waals surface area contributed by atoms with Crippen LogP contribution < -0.4 is 4.74 Å². The number of piperidine rings is 1. The Labute approximate surface area is 187 Å². The van der Waals surface area contributed by atoms with E-state index in [0.717, 1.165) is 43.1 Å². The van der Waals surface area contributed by atoms with E-state index in [9.17, 15) is 13.2 Å². The summed E-state index contributed by atoms with van der Waals surface area (Å²) in [5.41, 5.74) is 0.953. The van der Waals surface area contributed by atoms with Gasteiger partial charge in [0.15, 0.2) is 0 Å². The van der Waals surface area contributed by atoms with Gasteiger partial charge in [0.2, 0.25) is 0 Å². The van der Waals surface area contributed by atoms with E-state index >= 15 is 0 Å².